The minimum Gasteiger partial charge on any atom is -0.487 e. The maximum Gasteiger partial charge on any atom is 0.125 e. The van der Waals surface area contributed by atoms with Crippen LogP contribution in [0.15, 0.2) is 12.1 Å². The third-order valence-electron chi connectivity index (χ3n) is 3.39. The third-order valence-corrected chi connectivity index (χ3v) is 3.39. The fourth-order valence-electron chi connectivity index (χ4n) is 2.51. The molecule has 0 heterocycles. The number of ether oxygens (including phenoxy) is 1. The van der Waals surface area contributed by atoms with Gasteiger partial charge in [-0.1, -0.05) is 12.1 Å². The average Bonchev–Trinajstić information content (AvgIpc) is 2.69. The predicted molar refractivity (Wildman–Crippen MR) is 66.1 cm³/mol. The van der Waals surface area contributed by atoms with Crippen LogP contribution in [0.25, 0.3) is 0 Å². The summed E-state index contributed by atoms with van der Waals surface area (Å²) >= 11 is 0. The average molecular weight is 236 g/mol. The zero-order chi connectivity index (χ0) is 12.4. The number of aliphatic hydroxyl groups is 2. The van der Waals surface area contributed by atoms with Crippen LogP contribution in [-0.2, 0) is 6.61 Å². The number of aliphatic hydroxyl groups excluding tert-OH is 2. The van der Waals surface area contributed by atoms with Crippen LogP contribution in [0.3, 0.4) is 0 Å². The van der Waals surface area contributed by atoms with Gasteiger partial charge in [0.25, 0.3) is 0 Å². The Morgan fingerprint density at radius 1 is 1.24 bits per heavy atom. The first-order valence-electron chi connectivity index (χ1n) is 6.17. The lowest BCUT2D eigenvalue weighted by molar-refractivity contribution is 0.0595. The number of rotatable bonds is 3. The Balaban J connectivity index is 2.20. The van der Waals surface area contributed by atoms with Gasteiger partial charge in [0, 0.05) is 0 Å². The first-order valence-corrected chi connectivity index (χ1v) is 6.17. The zero-order valence-corrected chi connectivity index (χ0v) is 10.4. The second-order valence-corrected chi connectivity index (χ2v) is 4.87. The molecule has 3 nitrogen and oxygen atoms in total. The van der Waals surface area contributed by atoms with Gasteiger partial charge in [-0.15, -0.1) is 0 Å². The molecule has 1 fully saturated rings. The Morgan fingerprint density at radius 3 is 2.35 bits per heavy atom. The van der Waals surface area contributed by atoms with Gasteiger partial charge >= 0.3 is 0 Å². The molecule has 1 saturated carbocycles. The second kappa shape index (κ2) is 5.07. The molecule has 0 amide bonds. The molecule has 17 heavy (non-hydrogen) atoms. The third kappa shape index (κ3) is 2.61. The summed E-state index contributed by atoms with van der Waals surface area (Å²) in [5.74, 6) is 0.855. The van der Waals surface area contributed by atoms with Gasteiger partial charge in [-0.3, -0.25) is 0 Å². The Morgan fingerprint density at radius 2 is 1.88 bits per heavy atom. The zero-order valence-electron chi connectivity index (χ0n) is 10.4. The molecule has 1 aromatic carbocycles. The van der Waals surface area contributed by atoms with E-state index in [4.69, 9.17) is 9.84 Å². The lowest BCUT2D eigenvalue weighted by Gasteiger charge is -2.20. The standard InChI is InChI=1S/C14H20O3/c1-9-6-11(8-15)7-10(2)14(9)17-13-5-3-4-12(13)16/h6-7,12-13,15-16H,3-5,8H2,1-2H3. The minimum absolute atomic E-state index is 0.0496. The van der Waals surface area contributed by atoms with E-state index >= 15 is 0 Å². The lowest BCUT2D eigenvalue weighted by atomic mass is 10.1. The van der Waals surface area contributed by atoms with Gasteiger partial charge in [0.1, 0.15) is 11.9 Å². The van der Waals surface area contributed by atoms with Crippen LogP contribution >= 0.6 is 0 Å². The van der Waals surface area contributed by atoms with Crippen LogP contribution in [0.4, 0.5) is 0 Å². The van der Waals surface area contributed by atoms with Crippen molar-refractivity contribution in [2.24, 2.45) is 0 Å². The van der Waals surface area contributed by atoms with Gasteiger partial charge in [-0.05, 0) is 49.8 Å². The van der Waals surface area contributed by atoms with Gasteiger partial charge in [-0.25, -0.2) is 0 Å². The summed E-state index contributed by atoms with van der Waals surface area (Å²) in [5, 5.41) is 18.9. The Labute approximate surface area is 102 Å². The van der Waals surface area contributed by atoms with Crippen molar-refractivity contribution in [3.8, 4) is 5.75 Å². The fourth-order valence-corrected chi connectivity index (χ4v) is 2.51. The molecule has 2 atom stereocenters. The molecule has 94 valence electrons. The summed E-state index contributed by atoms with van der Waals surface area (Å²) in [6, 6.07) is 3.87. The summed E-state index contributed by atoms with van der Waals surface area (Å²) in [6.07, 6.45) is 2.36. The highest BCUT2D eigenvalue weighted by Gasteiger charge is 2.27. The molecule has 0 radical (unpaired) electrons. The summed E-state index contributed by atoms with van der Waals surface area (Å²) in [6.45, 7) is 4.00. The number of aryl methyl sites for hydroxylation is 2. The van der Waals surface area contributed by atoms with E-state index in [-0.39, 0.29) is 18.8 Å². The Bertz CT molecular complexity index is 377. The topological polar surface area (TPSA) is 49.7 Å². The first-order chi connectivity index (χ1) is 8.11. The van der Waals surface area contributed by atoms with Crippen molar-refractivity contribution in [1.29, 1.82) is 0 Å². The molecule has 0 bridgehead atoms. The highest BCUT2D eigenvalue weighted by Crippen LogP contribution is 2.30. The highest BCUT2D eigenvalue weighted by atomic mass is 16.5. The summed E-state index contributed by atoms with van der Waals surface area (Å²) < 4.78 is 5.92. The molecule has 1 aromatic rings. The van der Waals surface area contributed by atoms with Crippen LogP contribution in [0.2, 0.25) is 0 Å². The smallest absolute Gasteiger partial charge is 0.125 e. The van der Waals surface area contributed by atoms with E-state index in [1.807, 2.05) is 26.0 Å². The van der Waals surface area contributed by atoms with E-state index in [2.05, 4.69) is 0 Å². The van der Waals surface area contributed by atoms with Gasteiger partial charge < -0.3 is 14.9 Å². The molecule has 2 N–H and O–H groups in total. The molecule has 0 aromatic heterocycles. The van der Waals surface area contributed by atoms with Crippen LogP contribution in [-0.4, -0.2) is 22.4 Å². The maximum atomic E-state index is 9.77. The van der Waals surface area contributed by atoms with Crippen molar-refractivity contribution in [1.82, 2.24) is 0 Å². The second-order valence-electron chi connectivity index (χ2n) is 4.87. The molecule has 0 spiro atoms. The monoisotopic (exact) mass is 236 g/mol. The maximum absolute atomic E-state index is 9.77. The fraction of sp³-hybridized carbons (Fsp3) is 0.571. The van der Waals surface area contributed by atoms with Crippen molar-refractivity contribution in [3.63, 3.8) is 0 Å². The van der Waals surface area contributed by atoms with Crippen LogP contribution in [0, 0.1) is 13.8 Å². The molecule has 3 heteroatoms. The Kier molecular flexibility index (Phi) is 3.69. The van der Waals surface area contributed by atoms with Crippen LogP contribution in [0.1, 0.15) is 36.0 Å². The first kappa shape index (κ1) is 12.4. The highest BCUT2D eigenvalue weighted by molar-refractivity contribution is 5.43. The summed E-state index contributed by atoms with van der Waals surface area (Å²) in [7, 11) is 0. The van der Waals surface area contributed by atoms with Gasteiger partial charge in [0.05, 0.1) is 12.7 Å². The van der Waals surface area contributed by atoms with Crippen molar-refractivity contribution in [2.75, 3.05) is 0 Å². The summed E-state index contributed by atoms with van der Waals surface area (Å²) in [5.41, 5.74) is 2.95. The van der Waals surface area contributed by atoms with Gasteiger partial charge in [0.2, 0.25) is 0 Å². The Hall–Kier alpha value is -1.06. The van der Waals surface area contributed by atoms with Crippen molar-refractivity contribution >= 4 is 0 Å². The van der Waals surface area contributed by atoms with E-state index in [0.29, 0.717) is 0 Å². The largest absolute Gasteiger partial charge is 0.487 e. The van der Waals surface area contributed by atoms with Gasteiger partial charge in [0.15, 0.2) is 0 Å². The van der Waals surface area contributed by atoms with E-state index in [1.54, 1.807) is 0 Å². The van der Waals surface area contributed by atoms with Crippen molar-refractivity contribution in [3.05, 3.63) is 28.8 Å². The number of hydrogen-bond acceptors (Lipinski definition) is 3. The summed E-state index contributed by atoms with van der Waals surface area (Å²) in [4.78, 5) is 0. The van der Waals surface area contributed by atoms with E-state index < -0.39 is 0 Å². The number of benzene rings is 1. The molecule has 2 rings (SSSR count). The molecule has 0 saturated heterocycles. The minimum atomic E-state index is -0.341. The normalized spacial score (nSPS) is 24.0. The molecule has 1 aliphatic carbocycles. The molecule has 0 aliphatic heterocycles. The number of hydrogen-bond donors (Lipinski definition) is 2. The molecular weight excluding hydrogens is 216 g/mol. The quantitative estimate of drug-likeness (QED) is 0.845. The lowest BCUT2D eigenvalue weighted by Crippen LogP contribution is -2.26. The van der Waals surface area contributed by atoms with E-state index in [9.17, 15) is 5.11 Å². The van der Waals surface area contributed by atoms with Gasteiger partial charge in [-0.2, -0.15) is 0 Å². The van der Waals surface area contributed by atoms with Crippen molar-refractivity contribution in [2.45, 2.75) is 51.9 Å². The molecule has 1 aliphatic rings. The van der Waals surface area contributed by atoms with E-state index in [0.717, 1.165) is 41.7 Å². The molecule has 2 unspecified atom stereocenters. The SMILES string of the molecule is Cc1cc(CO)cc(C)c1OC1CCCC1O. The predicted octanol–water partition coefficient (Wildman–Crippen LogP) is 2.09. The van der Waals surface area contributed by atoms with Crippen molar-refractivity contribution < 1.29 is 14.9 Å². The van der Waals surface area contributed by atoms with Crippen LogP contribution in [0.5, 0.6) is 5.75 Å². The van der Waals surface area contributed by atoms with E-state index in [1.165, 1.54) is 0 Å². The van der Waals surface area contributed by atoms with Crippen LogP contribution < -0.4 is 4.74 Å². The molecular formula is C14H20O3.